The molecule has 16 heavy (non-hydrogen) atoms. The summed E-state index contributed by atoms with van der Waals surface area (Å²) in [5, 5.41) is 12.1. The van der Waals surface area contributed by atoms with Crippen LogP contribution in [0.2, 0.25) is 0 Å². The number of nitrogens with one attached hydrogen (secondary N) is 1. The molecule has 0 amide bonds. The van der Waals surface area contributed by atoms with Gasteiger partial charge in [-0.1, -0.05) is 0 Å². The van der Waals surface area contributed by atoms with E-state index in [0.29, 0.717) is 12.6 Å². The van der Waals surface area contributed by atoms with Crippen LogP contribution >= 0.6 is 11.3 Å². The maximum atomic E-state index is 12.5. The zero-order valence-corrected chi connectivity index (χ0v) is 9.02. The molecular formula is C8H9F3N2O2S. The first-order chi connectivity index (χ1) is 7.27. The number of carbonyl (C=O) groups is 1. The van der Waals surface area contributed by atoms with E-state index in [1.807, 2.05) is 5.32 Å². The number of carboxylic acids is 1. The van der Waals surface area contributed by atoms with Crippen LogP contribution in [-0.2, 0) is 11.3 Å². The third-order valence-electron chi connectivity index (χ3n) is 2.10. The van der Waals surface area contributed by atoms with Crippen LogP contribution in [0.3, 0.4) is 0 Å². The number of thiazole rings is 1. The molecule has 0 bridgehead atoms. The second-order valence-electron chi connectivity index (χ2n) is 3.26. The summed E-state index contributed by atoms with van der Waals surface area (Å²) in [6.45, 7) is 0.341. The Morgan fingerprint density at radius 1 is 1.62 bits per heavy atom. The first kappa shape index (κ1) is 12.9. The molecule has 0 spiro atoms. The predicted molar refractivity (Wildman–Crippen MR) is 51.0 cm³/mol. The van der Waals surface area contributed by atoms with Crippen molar-refractivity contribution in [2.45, 2.75) is 25.2 Å². The third-order valence-corrected chi connectivity index (χ3v) is 2.74. The van der Waals surface area contributed by atoms with Gasteiger partial charge in [0.05, 0.1) is 11.2 Å². The highest BCUT2D eigenvalue weighted by molar-refractivity contribution is 7.07. The zero-order chi connectivity index (χ0) is 12.4. The minimum Gasteiger partial charge on any atom is -0.480 e. The Labute approximate surface area is 93.1 Å². The van der Waals surface area contributed by atoms with Gasteiger partial charge in [0, 0.05) is 11.9 Å². The average molecular weight is 254 g/mol. The first-order valence-electron chi connectivity index (χ1n) is 4.19. The van der Waals surface area contributed by atoms with Crippen LogP contribution < -0.4 is 5.32 Å². The van der Waals surface area contributed by atoms with Crippen molar-refractivity contribution >= 4 is 17.3 Å². The molecule has 0 fully saturated rings. The molecule has 1 aromatic rings. The van der Waals surface area contributed by atoms with E-state index >= 15 is 0 Å². The molecular weight excluding hydrogens is 245 g/mol. The van der Waals surface area contributed by atoms with Crippen molar-refractivity contribution in [1.29, 1.82) is 0 Å². The minimum atomic E-state index is -4.87. The third kappa shape index (κ3) is 2.50. The maximum absolute atomic E-state index is 12.5. The Kier molecular flexibility index (Phi) is 3.54. The summed E-state index contributed by atoms with van der Waals surface area (Å²) in [5.41, 5.74) is -1.12. The fourth-order valence-electron chi connectivity index (χ4n) is 0.889. The summed E-state index contributed by atoms with van der Waals surface area (Å²) in [4.78, 5) is 14.4. The van der Waals surface area contributed by atoms with Gasteiger partial charge in [-0.05, 0) is 6.92 Å². The number of aliphatic carboxylic acids is 1. The smallest absolute Gasteiger partial charge is 0.417 e. The van der Waals surface area contributed by atoms with Gasteiger partial charge in [-0.25, -0.2) is 9.78 Å². The quantitative estimate of drug-likeness (QED) is 0.857. The van der Waals surface area contributed by atoms with Gasteiger partial charge in [0.1, 0.15) is 0 Å². The molecule has 2 N–H and O–H groups in total. The molecule has 1 heterocycles. The topological polar surface area (TPSA) is 62.2 Å². The second kappa shape index (κ2) is 4.38. The molecule has 1 rings (SSSR count). The zero-order valence-electron chi connectivity index (χ0n) is 8.21. The number of carboxylic acid groups (broad SMARTS) is 1. The van der Waals surface area contributed by atoms with Gasteiger partial charge in [-0.3, -0.25) is 5.32 Å². The summed E-state index contributed by atoms with van der Waals surface area (Å²) in [7, 11) is 0. The van der Waals surface area contributed by atoms with Gasteiger partial charge in [-0.15, -0.1) is 11.3 Å². The van der Waals surface area contributed by atoms with Crippen LogP contribution in [0.15, 0.2) is 10.9 Å². The van der Waals surface area contributed by atoms with E-state index in [1.165, 1.54) is 16.8 Å². The van der Waals surface area contributed by atoms with Gasteiger partial charge < -0.3 is 5.11 Å². The Bertz CT molecular complexity index is 366. The lowest BCUT2D eigenvalue weighted by molar-refractivity contribution is -0.206. The molecule has 0 aromatic carbocycles. The van der Waals surface area contributed by atoms with E-state index in [4.69, 9.17) is 5.11 Å². The summed E-state index contributed by atoms with van der Waals surface area (Å²) in [6, 6.07) is 0. The SMILES string of the molecule is CC(NCc1cscn1)(C(=O)O)C(F)(F)F. The lowest BCUT2D eigenvalue weighted by atomic mass is 10.0. The molecule has 4 nitrogen and oxygen atoms in total. The van der Waals surface area contributed by atoms with Crippen molar-refractivity contribution in [3.05, 3.63) is 16.6 Å². The summed E-state index contributed by atoms with van der Waals surface area (Å²) >= 11 is 1.23. The number of alkyl halides is 3. The molecule has 1 atom stereocenters. The molecule has 1 aromatic heterocycles. The van der Waals surface area contributed by atoms with Crippen LogP contribution in [0, 0.1) is 0 Å². The van der Waals surface area contributed by atoms with Crippen molar-refractivity contribution in [3.8, 4) is 0 Å². The fourth-order valence-corrected chi connectivity index (χ4v) is 1.45. The van der Waals surface area contributed by atoms with Crippen LogP contribution in [0.4, 0.5) is 13.2 Å². The summed E-state index contributed by atoms with van der Waals surface area (Å²) in [5.74, 6) is -1.96. The second-order valence-corrected chi connectivity index (χ2v) is 3.98. The van der Waals surface area contributed by atoms with E-state index in [1.54, 1.807) is 5.38 Å². The van der Waals surface area contributed by atoms with E-state index in [-0.39, 0.29) is 6.54 Å². The molecule has 0 saturated heterocycles. The van der Waals surface area contributed by atoms with Gasteiger partial charge in [-0.2, -0.15) is 13.2 Å². The van der Waals surface area contributed by atoms with Crippen molar-refractivity contribution in [2.24, 2.45) is 0 Å². The highest BCUT2D eigenvalue weighted by atomic mass is 32.1. The van der Waals surface area contributed by atoms with Crippen molar-refractivity contribution in [2.75, 3.05) is 0 Å². The Morgan fingerprint density at radius 2 is 2.25 bits per heavy atom. The van der Waals surface area contributed by atoms with Crippen molar-refractivity contribution in [3.63, 3.8) is 0 Å². The number of rotatable bonds is 4. The molecule has 0 radical (unpaired) electrons. The van der Waals surface area contributed by atoms with Crippen molar-refractivity contribution < 1.29 is 23.1 Å². The Hall–Kier alpha value is -1.15. The lowest BCUT2D eigenvalue weighted by Crippen LogP contribution is -2.59. The maximum Gasteiger partial charge on any atom is 0.417 e. The van der Waals surface area contributed by atoms with E-state index in [9.17, 15) is 18.0 Å². The van der Waals surface area contributed by atoms with E-state index < -0.39 is 17.7 Å². The van der Waals surface area contributed by atoms with Crippen LogP contribution in [0.1, 0.15) is 12.6 Å². The number of aromatic nitrogens is 1. The van der Waals surface area contributed by atoms with Crippen LogP contribution in [0.5, 0.6) is 0 Å². The Balaban J connectivity index is 2.77. The molecule has 0 saturated carbocycles. The number of nitrogens with zero attached hydrogens (tertiary/aromatic N) is 1. The monoisotopic (exact) mass is 254 g/mol. The number of hydrogen-bond acceptors (Lipinski definition) is 4. The van der Waals surface area contributed by atoms with Crippen LogP contribution in [-0.4, -0.2) is 27.8 Å². The van der Waals surface area contributed by atoms with Gasteiger partial charge >= 0.3 is 12.1 Å². The fraction of sp³-hybridized carbons (Fsp3) is 0.500. The number of hydrogen-bond donors (Lipinski definition) is 2. The highest BCUT2D eigenvalue weighted by Gasteiger charge is 2.57. The Morgan fingerprint density at radius 3 is 2.62 bits per heavy atom. The van der Waals surface area contributed by atoms with E-state index in [2.05, 4.69) is 4.98 Å². The lowest BCUT2D eigenvalue weighted by Gasteiger charge is -2.28. The van der Waals surface area contributed by atoms with Crippen LogP contribution in [0.25, 0.3) is 0 Å². The minimum absolute atomic E-state index is 0.244. The predicted octanol–water partition coefficient (Wildman–Crippen LogP) is 1.64. The van der Waals surface area contributed by atoms with Gasteiger partial charge in [0.15, 0.2) is 0 Å². The average Bonchev–Trinajstić information content (AvgIpc) is 2.64. The van der Waals surface area contributed by atoms with Gasteiger partial charge in [0.2, 0.25) is 5.54 Å². The largest absolute Gasteiger partial charge is 0.480 e. The molecule has 1 unspecified atom stereocenters. The normalized spacial score (nSPS) is 15.8. The number of halogens is 3. The van der Waals surface area contributed by atoms with E-state index in [0.717, 1.165) is 0 Å². The molecule has 8 heteroatoms. The standard InChI is InChI=1S/C8H9F3N2O2S/c1-7(6(14)15,8(9,10)11)13-2-5-3-16-4-12-5/h3-4,13H,2H2,1H3,(H,14,15). The summed E-state index contributed by atoms with van der Waals surface area (Å²) < 4.78 is 37.6. The molecule has 0 aliphatic heterocycles. The molecule has 0 aliphatic carbocycles. The highest BCUT2D eigenvalue weighted by Crippen LogP contribution is 2.30. The first-order valence-corrected chi connectivity index (χ1v) is 5.14. The van der Waals surface area contributed by atoms with Crippen molar-refractivity contribution in [1.82, 2.24) is 10.3 Å². The van der Waals surface area contributed by atoms with Gasteiger partial charge in [0.25, 0.3) is 0 Å². The molecule has 0 aliphatic rings. The summed E-state index contributed by atoms with van der Waals surface area (Å²) in [6.07, 6.45) is -4.87. The molecule has 90 valence electrons.